The summed E-state index contributed by atoms with van der Waals surface area (Å²) in [6.07, 6.45) is 4.26. The first kappa shape index (κ1) is 23.6. The highest BCUT2D eigenvalue weighted by Crippen LogP contribution is 2.39. The Bertz CT molecular complexity index is 1660. The summed E-state index contributed by atoms with van der Waals surface area (Å²) < 4.78 is 6.71. The number of hydrogen-bond donors (Lipinski definition) is 3. The van der Waals surface area contributed by atoms with Gasteiger partial charge in [-0.2, -0.15) is 0 Å². The molecule has 3 aromatic heterocycles. The molecule has 0 saturated heterocycles. The van der Waals surface area contributed by atoms with E-state index in [1.54, 1.807) is 12.3 Å². The summed E-state index contributed by atoms with van der Waals surface area (Å²) in [5, 5.41) is 2.70. The van der Waals surface area contributed by atoms with Crippen molar-refractivity contribution in [3.05, 3.63) is 84.6 Å². The predicted molar refractivity (Wildman–Crippen MR) is 148 cm³/mol. The van der Waals surface area contributed by atoms with Crippen LogP contribution in [0, 0.1) is 0 Å². The van der Waals surface area contributed by atoms with Gasteiger partial charge in [0.25, 0.3) is 0 Å². The number of nitrogen functional groups attached to an aromatic ring is 1. The van der Waals surface area contributed by atoms with Gasteiger partial charge in [-0.3, -0.25) is 9.88 Å². The number of nitrogens with two attached hydrogens (primary N) is 2. The van der Waals surface area contributed by atoms with Gasteiger partial charge in [-0.25, -0.2) is 19.7 Å². The number of nitrogens with zero attached hydrogens (tertiary/aromatic N) is 4. The molecule has 6 rings (SSSR count). The molecule has 2 aromatic carbocycles. The van der Waals surface area contributed by atoms with Crippen molar-refractivity contribution in [2.24, 2.45) is 5.73 Å². The van der Waals surface area contributed by atoms with Crippen LogP contribution in [0.4, 0.5) is 16.3 Å². The number of fused-ring (bicyclic) bond motifs is 1. The fourth-order valence-electron chi connectivity index (χ4n) is 4.86. The number of carbonyl (C=O) groups is 1. The van der Waals surface area contributed by atoms with Crippen molar-refractivity contribution in [3.63, 3.8) is 0 Å². The summed E-state index contributed by atoms with van der Waals surface area (Å²) in [4.78, 5) is 25.9. The summed E-state index contributed by atoms with van der Waals surface area (Å²) in [5.41, 5.74) is 18.9. The van der Waals surface area contributed by atoms with Gasteiger partial charge < -0.3 is 16.2 Å². The van der Waals surface area contributed by atoms with E-state index >= 15 is 0 Å². The van der Waals surface area contributed by atoms with Crippen LogP contribution in [-0.2, 0) is 10.3 Å². The minimum Gasteiger partial charge on any atom is -0.453 e. The molecule has 38 heavy (non-hydrogen) atoms. The molecule has 5 N–H and O–H groups in total. The van der Waals surface area contributed by atoms with Gasteiger partial charge in [-0.05, 0) is 73.4 Å². The molecule has 1 saturated carbocycles. The average Bonchev–Trinajstić information content (AvgIpc) is 3.30. The lowest BCUT2D eigenvalue weighted by Gasteiger charge is -2.38. The maximum Gasteiger partial charge on any atom is 0.411 e. The number of pyridine rings is 2. The second-order valence-corrected chi connectivity index (χ2v) is 9.50. The van der Waals surface area contributed by atoms with Crippen LogP contribution < -0.4 is 16.8 Å². The molecule has 9 heteroatoms. The summed E-state index contributed by atoms with van der Waals surface area (Å²) in [5.74, 6) is 1.04. The molecule has 0 atom stereocenters. The zero-order chi connectivity index (χ0) is 26.3. The van der Waals surface area contributed by atoms with E-state index in [-0.39, 0.29) is 5.54 Å². The lowest BCUT2D eigenvalue weighted by molar-refractivity contribution is 0.187. The molecule has 3 heterocycles. The van der Waals surface area contributed by atoms with Gasteiger partial charge >= 0.3 is 6.09 Å². The molecular formula is C29H27N7O2. The van der Waals surface area contributed by atoms with Crippen molar-refractivity contribution in [1.29, 1.82) is 0 Å². The number of nitrogens with one attached hydrogen (secondary N) is 1. The van der Waals surface area contributed by atoms with Crippen molar-refractivity contribution >= 4 is 28.8 Å². The van der Waals surface area contributed by atoms with Gasteiger partial charge in [-0.1, -0.05) is 24.3 Å². The molecule has 9 nitrogen and oxygen atoms in total. The summed E-state index contributed by atoms with van der Waals surface area (Å²) in [7, 11) is 1.33. The van der Waals surface area contributed by atoms with Crippen molar-refractivity contribution < 1.29 is 9.53 Å². The highest BCUT2D eigenvalue weighted by Gasteiger charge is 2.34. The molecular weight excluding hydrogens is 478 g/mol. The number of ether oxygens (including phenoxy) is 1. The Labute approximate surface area is 219 Å². The summed E-state index contributed by atoms with van der Waals surface area (Å²) in [6.45, 7) is 0. The molecule has 1 aliphatic carbocycles. The van der Waals surface area contributed by atoms with Crippen molar-refractivity contribution in [3.8, 4) is 28.3 Å². The van der Waals surface area contributed by atoms with Crippen molar-refractivity contribution in [2.45, 2.75) is 24.8 Å². The number of methoxy groups -OCH3 is 1. The number of rotatable bonds is 5. The molecule has 0 radical (unpaired) electrons. The fourth-order valence-corrected chi connectivity index (χ4v) is 4.86. The van der Waals surface area contributed by atoms with Crippen LogP contribution in [-0.4, -0.2) is 32.7 Å². The molecule has 0 aliphatic heterocycles. The van der Waals surface area contributed by atoms with Gasteiger partial charge in [0.2, 0.25) is 0 Å². The third-order valence-corrected chi connectivity index (χ3v) is 7.12. The first-order valence-corrected chi connectivity index (χ1v) is 12.4. The third kappa shape index (κ3) is 4.12. The molecule has 1 fully saturated rings. The number of carbonyl (C=O) groups excluding carboxylic acids is 1. The standard InChI is InChI=1S/C29H27N7O2/c1-38-28(37)33-20-6-2-5-18(17-20)23-12-13-24-27(34-23)36(26(35-24)22-7-3-16-32-25(22)30)21-10-8-19(9-11-21)29(31)14-4-15-29/h2-3,5-13,16-17H,4,14-15,31H2,1H3,(H2,30,32)(H,33,37). The molecule has 0 spiro atoms. The van der Waals surface area contributed by atoms with E-state index in [1.165, 1.54) is 7.11 Å². The third-order valence-electron chi connectivity index (χ3n) is 7.12. The number of aromatic nitrogens is 4. The van der Waals surface area contributed by atoms with E-state index in [0.717, 1.165) is 47.3 Å². The molecule has 1 amide bonds. The minimum atomic E-state index is -0.535. The normalized spacial score (nSPS) is 14.2. The van der Waals surface area contributed by atoms with Crippen LogP contribution in [0.25, 0.3) is 39.5 Å². The van der Waals surface area contributed by atoms with E-state index in [9.17, 15) is 4.79 Å². The Hall–Kier alpha value is -4.76. The second-order valence-electron chi connectivity index (χ2n) is 9.50. The second kappa shape index (κ2) is 9.28. The smallest absolute Gasteiger partial charge is 0.411 e. The predicted octanol–water partition coefficient (Wildman–Crippen LogP) is 5.25. The van der Waals surface area contributed by atoms with Crippen LogP contribution in [0.5, 0.6) is 0 Å². The lowest BCUT2D eigenvalue weighted by Crippen LogP contribution is -2.43. The Morgan fingerprint density at radius 3 is 2.55 bits per heavy atom. The van der Waals surface area contributed by atoms with Crippen LogP contribution in [0.1, 0.15) is 24.8 Å². The highest BCUT2D eigenvalue weighted by molar-refractivity contribution is 5.87. The van der Waals surface area contributed by atoms with Crippen LogP contribution in [0.15, 0.2) is 79.0 Å². The number of hydrogen-bond acceptors (Lipinski definition) is 7. The zero-order valence-corrected chi connectivity index (χ0v) is 20.9. The molecule has 5 aromatic rings. The van der Waals surface area contributed by atoms with Gasteiger partial charge in [0, 0.05) is 28.7 Å². The summed E-state index contributed by atoms with van der Waals surface area (Å²) in [6, 6.07) is 23.3. The number of benzene rings is 2. The Morgan fingerprint density at radius 2 is 1.84 bits per heavy atom. The van der Waals surface area contributed by atoms with Gasteiger partial charge in [-0.15, -0.1) is 0 Å². The molecule has 190 valence electrons. The van der Waals surface area contributed by atoms with E-state index in [2.05, 4.69) is 34.6 Å². The lowest BCUT2D eigenvalue weighted by atomic mass is 9.73. The Morgan fingerprint density at radius 1 is 1.03 bits per heavy atom. The van der Waals surface area contributed by atoms with E-state index in [4.69, 9.17) is 26.2 Å². The average molecular weight is 506 g/mol. The van der Waals surface area contributed by atoms with Crippen LogP contribution in [0.3, 0.4) is 0 Å². The monoisotopic (exact) mass is 505 g/mol. The van der Waals surface area contributed by atoms with Gasteiger partial charge in [0.1, 0.15) is 11.3 Å². The topological polar surface area (TPSA) is 134 Å². The molecule has 0 unspecified atom stereocenters. The first-order valence-electron chi connectivity index (χ1n) is 12.4. The van der Waals surface area contributed by atoms with Crippen LogP contribution in [0.2, 0.25) is 0 Å². The SMILES string of the molecule is COC(=O)Nc1cccc(-c2ccc3nc(-c4cccnc4N)n(-c4ccc(C5(N)CCC5)cc4)c3n2)c1. The quantitative estimate of drug-likeness (QED) is 0.297. The number of amides is 1. The first-order chi connectivity index (χ1) is 18.4. The van der Waals surface area contributed by atoms with E-state index in [1.807, 2.05) is 47.0 Å². The largest absolute Gasteiger partial charge is 0.453 e. The molecule has 0 bridgehead atoms. The highest BCUT2D eigenvalue weighted by atomic mass is 16.5. The Kier molecular flexibility index (Phi) is 5.77. The van der Waals surface area contributed by atoms with E-state index < -0.39 is 6.09 Å². The van der Waals surface area contributed by atoms with Crippen molar-refractivity contribution in [1.82, 2.24) is 19.5 Å². The van der Waals surface area contributed by atoms with Crippen LogP contribution >= 0.6 is 0 Å². The summed E-state index contributed by atoms with van der Waals surface area (Å²) >= 11 is 0. The minimum absolute atomic E-state index is 0.249. The maximum atomic E-state index is 11.7. The zero-order valence-electron chi connectivity index (χ0n) is 20.9. The maximum absolute atomic E-state index is 11.7. The molecule has 1 aliphatic rings. The number of imidazole rings is 1. The van der Waals surface area contributed by atoms with Gasteiger partial charge in [0.15, 0.2) is 11.5 Å². The van der Waals surface area contributed by atoms with Gasteiger partial charge in [0.05, 0.1) is 18.4 Å². The Balaban J connectivity index is 1.50. The number of anilines is 2. The fraction of sp³-hybridized carbons (Fsp3) is 0.172. The van der Waals surface area contributed by atoms with E-state index in [0.29, 0.717) is 28.5 Å². The van der Waals surface area contributed by atoms with Crippen molar-refractivity contribution in [2.75, 3.05) is 18.2 Å².